The summed E-state index contributed by atoms with van der Waals surface area (Å²) in [5.74, 6) is 0.226. The van der Waals surface area contributed by atoms with E-state index >= 15 is 0 Å². The molecular formula is C17H20N4O6S. The first-order chi connectivity index (χ1) is 13.2. The Hall–Kier alpha value is -3.18. The van der Waals surface area contributed by atoms with E-state index in [1.807, 2.05) is 6.92 Å². The minimum atomic E-state index is -4.06. The average molecular weight is 408 g/mol. The molecule has 0 aliphatic carbocycles. The van der Waals surface area contributed by atoms with Crippen molar-refractivity contribution < 1.29 is 22.9 Å². The topological polar surface area (TPSA) is 154 Å². The van der Waals surface area contributed by atoms with Gasteiger partial charge < -0.3 is 15.4 Å². The van der Waals surface area contributed by atoms with Crippen molar-refractivity contribution >= 4 is 33.0 Å². The molecule has 0 aliphatic rings. The van der Waals surface area contributed by atoms with Crippen LogP contribution in [0.1, 0.15) is 13.3 Å². The van der Waals surface area contributed by atoms with E-state index in [2.05, 4.69) is 10.6 Å². The summed E-state index contributed by atoms with van der Waals surface area (Å²) in [6, 6.07) is 10.2. The van der Waals surface area contributed by atoms with Gasteiger partial charge in [0.05, 0.1) is 22.1 Å². The van der Waals surface area contributed by atoms with Crippen molar-refractivity contribution in [2.24, 2.45) is 5.14 Å². The highest BCUT2D eigenvalue weighted by Crippen LogP contribution is 2.27. The summed E-state index contributed by atoms with van der Waals surface area (Å²) >= 11 is 0. The minimum absolute atomic E-state index is 0.0224. The molecule has 0 fully saturated rings. The average Bonchev–Trinajstić information content (AvgIpc) is 2.62. The lowest BCUT2D eigenvalue weighted by atomic mass is 10.2. The number of nitro groups is 1. The number of nitrogens with one attached hydrogen (secondary N) is 2. The van der Waals surface area contributed by atoms with Crippen LogP contribution in [0.3, 0.4) is 0 Å². The first kappa shape index (κ1) is 21.1. The van der Waals surface area contributed by atoms with Crippen LogP contribution in [-0.4, -0.2) is 32.4 Å². The van der Waals surface area contributed by atoms with Crippen molar-refractivity contribution in [2.75, 3.05) is 23.8 Å². The highest BCUT2D eigenvalue weighted by atomic mass is 32.2. The van der Waals surface area contributed by atoms with Gasteiger partial charge in [-0.05, 0) is 31.2 Å². The number of ether oxygens (including phenoxy) is 1. The van der Waals surface area contributed by atoms with Crippen LogP contribution >= 0.6 is 0 Å². The van der Waals surface area contributed by atoms with Crippen molar-refractivity contribution in [3.63, 3.8) is 0 Å². The molecule has 11 heteroatoms. The molecule has 150 valence electrons. The molecular weight excluding hydrogens is 388 g/mol. The molecule has 28 heavy (non-hydrogen) atoms. The first-order valence-corrected chi connectivity index (χ1v) is 9.83. The Morgan fingerprint density at radius 2 is 1.93 bits per heavy atom. The largest absolute Gasteiger partial charge is 0.492 e. The Morgan fingerprint density at radius 1 is 1.21 bits per heavy atom. The smallest absolute Gasteiger partial charge is 0.293 e. The van der Waals surface area contributed by atoms with Gasteiger partial charge in [0.15, 0.2) is 0 Å². The maximum Gasteiger partial charge on any atom is 0.293 e. The number of nitrogens with two attached hydrogens (primary N) is 1. The zero-order chi connectivity index (χ0) is 20.7. The monoisotopic (exact) mass is 408 g/mol. The second-order valence-electron chi connectivity index (χ2n) is 5.64. The van der Waals surface area contributed by atoms with Crippen LogP contribution in [0.4, 0.5) is 17.1 Å². The minimum Gasteiger partial charge on any atom is -0.492 e. The van der Waals surface area contributed by atoms with E-state index < -0.39 is 20.6 Å². The van der Waals surface area contributed by atoms with Crippen LogP contribution in [0.15, 0.2) is 47.4 Å². The summed E-state index contributed by atoms with van der Waals surface area (Å²) in [5, 5.41) is 21.6. The predicted molar refractivity (Wildman–Crippen MR) is 104 cm³/mol. The number of nitro benzene ring substituents is 1. The maximum absolute atomic E-state index is 12.1. The lowest BCUT2D eigenvalue weighted by Crippen LogP contribution is -2.17. The van der Waals surface area contributed by atoms with E-state index in [1.165, 1.54) is 6.07 Å². The Kier molecular flexibility index (Phi) is 6.90. The molecule has 0 spiro atoms. The van der Waals surface area contributed by atoms with Crippen LogP contribution in [0.25, 0.3) is 0 Å². The molecule has 2 aromatic rings. The molecule has 2 rings (SSSR count). The van der Waals surface area contributed by atoms with Crippen LogP contribution in [0.5, 0.6) is 5.75 Å². The number of amides is 1. The normalized spacial score (nSPS) is 10.9. The van der Waals surface area contributed by atoms with Crippen LogP contribution in [-0.2, 0) is 14.8 Å². The molecule has 0 aliphatic heterocycles. The molecule has 4 N–H and O–H groups in total. The standard InChI is InChI=1S/C17H20N4O6S/c1-2-27-16-6-4-3-5-14(16)20-17(22)9-10-19-13-8-7-12(28(18,25)26)11-15(13)21(23)24/h3-8,11,19H,2,9-10H2,1H3,(H,20,22)(H2,18,25,26). The second-order valence-corrected chi connectivity index (χ2v) is 7.20. The Morgan fingerprint density at radius 3 is 2.57 bits per heavy atom. The predicted octanol–water partition coefficient (Wildman–Crippen LogP) is 2.08. The van der Waals surface area contributed by atoms with E-state index in [0.29, 0.717) is 18.0 Å². The fourth-order valence-electron chi connectivity index (χ4n) is 2.36. The number of anilines is 2. The molecule has 0 saturated heterocycles. The van der Waals surface area contributed by atoms with Gasteiger partial charge in [0.1, 0.15) is 11.4 Å². The number of hydrogen-bond donors (Lipinski definition) is 3. The SMILES string of the molecule is CCOc1ccccc1NC(=O)CCNc1ccc(S(N)(=O)=O)cc1[N+](=O)[O-]. The highest BCUT2D eigenvalue weighted by molar-refractivity contribution is 7.89. The van der Waals surface area contributed by atoms with Gasteiger partial charge in [-0.1, -0.05) is 12.1 Å². The summed E-state index contributed by atoms with van der Waals surface area (Å²) in [5.41, 5.74) is 0.159. The van der Waals surface area contributed by atoms with Crippen molar-refractivity contribution in [1.29, 1.82) is 0 Å². The third-order valence-corrected chi connectivity index (χ3v) is 4.53. The third-order valence-electron chi connectivity index (χ3n) is 3.62. The number of sulfonamides is 1. The number of para-hydroxylation sites is 2. The fourth-order valence-corrected chi connectivity index (χ4v) is 2.90. The van der Waals surface area contributed by atoms with E-state index in [0.717, 1.165) is 12.1 Å². The van der Waals surface area contributed by atoms with Crippen LogP contribution in [0.2, 0.25) is 0 Å². The van der Waals surface area contributed by atoms with Crippen molar-refractivity contribution in [3.8, 4) is 5.75 Å². The zero-order valence-electron chi connectivity index (χ0n) is 15.0. The number of hydrogen-bond acceptors (Lipinski definition) is 7. The van der Waals surface area contributed by atoms with Gasteiger partial charge in [-0.2, -0.15) is 0 Å². The van der Waals surface area contributed by atoms with Gasteiger partial charge >= 0.3 is 0 Å². The Bertz CT molecular complexity index is 977. The lowest BCUT2D eigenvalue weighted by Gasteiger charge is -2.12. The number of carbonyl (C=O) groups excluding carboxylic acids is 1. The number of carbonyl (C=O) groups is 1. The van der Waals surface area contributed by atoms with Gasteiger partial charge in [-0.25, -0.2) is 13.6 Å². The van der Waals surface area contributed by atoms with Gasteiger partial charge in [0, 0.05) is 19.0 Å². The molecule has 1 amide bonds. The molecule has 0 aromatic heterocycles. The molecule has 0 heterocycles. The Balaban J connectivity index is 2.01. The van der Waals surface area contributed by atoms with E-state index in [4.69, 9.17) is 9.88 Å². The zero-order valence-corrected chi connectivity index (χ0v) is 15.9. The number of benzene rings is 2. The first-order valence-electron chi connectivity index (χ1n) is 8.29. The Labute approximate surface area is 161 Å². The third kappa shape index (κ3) is 5.66. The van der Waals surface area contributed by atoms with Gasteiger partial charge in [0.2, 0.25) is 15.9 Å². The second kappa shape index (κ2) is 9.15. The quantitative estimate of drug-likeness (QED) is 0.424. The molecule has 0 bridgehead atoms. The number of primary sulfonamides is 1. The highest BCUT2D eigenvalue weighted by Gasteiger charge is 2.19. The molecule has 0 atom stereocenters. The fraction of sp³-hybridized carbons (Fsp3) is 0.235. The van der Waals surface area contributed by atoms with Gasteiger partial charge in [-0.3, -0.25) is 14.9 Å². The van der Waals surface area contributed by atoms with Crippen molar-refractivity contribution in [3.05, 3.63) is 52.6 Å². The van der Waals surface area contributed by atoms with Crippen LogP contribution < -0.4 is 20.5 Å². The molecule has 10 nitrogen and oxygen atoms in total. The van der Waals surface area contributed by atoms with Crippen molar-refractivity contribution in [2.45, 2.75) is 18.2 Å². The summed E-state index contributed by atoms with van der Waals surface area (Å²) in [4.78, 5) is 22.2. The number of rotatable bonds is 9. The van der Waals surface area contributed by atoms with Crippen LogP contribution in [0, 0.1) is 10.1 Å². The van der Waals surface area contributed by atoms with E-state index in [-0.39, 0.29) is 29.5 Å². The van der Waals surface area contributed by atoms with Gasteiger partial charge in [-0.15, -0.1) is 0 Å². The van der Waals surface area contributed by atoms with E-state index in [1.54, 1.807) is 24.3 Å². The molecule has 0 radical (unpaired) electrons. The molecule has 0 saturated carbocycles. The summed E-state index contributed by atoms with van der Waals surface area (Å²) < 4.78 is 28.1. The lowest BCUT2D eigenvalue weighted by molar-refractivity contribution is -0.384. The maximum atomic E-state index is 12.1. The molecule has 0 unspecified atom stereocenters. The molecule has 2 aromatic carbocycles. The summed E-state index contributed by atoms with van der Waals surface area (Å²) in [6.07, 6.45) is 0.0224. The van der Waals surface area contributed by atoms with Crippen molar-refractivity contribution in [1.82, 2.24) is 0 Å². The number of nitrogens with zero attached hydrogens (tertiary/aromatic N) is 1. The summed E-state index contributed by atoms with van der Waals surface area (Å²) in [6.45, 7) is 2.38. The van der Waals surface area contributed by atoms with E-state index in [9.17, 15) is 23.3 Å². The summed E-state index contributed by atoms with van der Waals surface area (Å²) in [7, 11) is -4.06. The van der Waals surface area contributed by atoms with Gasteiger partial charge in [0.25, 0.3) is 5.69 Å².